The zero-order valence-electron chi connectivity index (χ0n) is 17.4. The number of ether oxygens (including phenoxy) is 1. The van der Waals surface area contributed by atoms with E-state index in [2.05, 4.69) is 65.5 Å². The number of hydrogen-bond donors (Lipinski definition) is 1. The second-order valence-corrected chi connectivity index (χ2v) is 8.47. The van der Waals surface area contributed by atoms with Gasteiger partial charge in [-0.05, 0) is 44.9 Å². The molecular formula is C23H27N5O. The Balaban J connectivity index is 1.49. The van der Waals surface area contributed by atoms with Gasteiger partial charge in [-0.25, -0.2) is 4.98 Å². The molecule has 0 spiro atoms. The molecule has 5 heterocycles. The van der Waals surface area contributed by atoms with E-state index in [0.29, 0.717) is 12.2 Å². The summed E-state index contributed by atoms with van der Waals surface area (Å²) in [7, 11) is 0. The topological polar surface area (TPSA) is 63.2 Å². The van der Waals surface area contributed by atoms with E-state index in [0.717, 1.165) is 41.2 Å². The fourth-order valence-corrected chi connectivity index (χ4v) is 4.58. The third kappa shape index (κ3) is 3.31. The molecule has 1 aromatic carbocycles. The zero-order valence-corrected chi connectivity index (χ0v) is 17.4. The zero-order chi connectivity index (χ0) is 20.1. The lowest BCUT2D eigenvalue weighted by Gasteiger charge is -2.47. The Kier molecular flexibility index (Phi) is 4.39. The number of fused-ring (bicyclic) bond motifs is 3. The van der Waals surface area contributed by atoms with Crippen molar-refractivity contribution in [1.82, 2.24) is 15.2 Å². The minimum atomic E-state index is 0.128. The van der Waals surface area contributed by atoms with Gasteiger partial charge in [0, 0.05) is 36.5 Å². The van der Waals surface area contributed by atoms with Gasteiger partial charge in [-0.3, -0.25) is 0 Å². The van der Waals surface area contributed by atoms with Gasteiger partial charge in [-0.2, -0.15) is 5.10 Å². The SMILES string of the molecule is Cc1ccc([C@@H](C)Nc2nnc(C)c3cnc(N4CC5CC(C4)O5)cc23)c(C)c1. The van der Waals surface area contributed by atoms with E-state index >= 15 is 0 Å². The smallest absolute Gasteiger partial charge is 0.157 e. The third-order valence-corrected chi connectivity index (χ3v) is 6.16. The van der Waals surface area contributed by atoms with Gasteiger partial charge in [0.15, 0.2) is 5.82 Å². The summed E-state index contributed by atoms with van der Waals surface area (Å²) in [4.78, 5) is 7.05. The molecule has 0 aliphatic carbocycles. The molecule has 150 valence electrons. The van der Waals surface area contributed by atoms with E-state index in [4.69, 9.17) is 9.72 Å². The van der Waals surface area contributed by atoms with Crippen molar-refractivity contribution in [1.29, 1.82) is 0 Å². The van der Waals surface area contributed by atoms with E-state index in [-0.39, 0.29) is 6.04 Å². The molecular weight excluding hydrogens is 362 g/mol. The Morgan fingerprint density at radius 3 is 2.55 bits per heavy atom. The first kappa shape index (κ1) is 18.3. The van der Waals surface area contributed by atoms with E-state index in [1.54, 1.807) is 0 Å². The fraction of sp³-hybridized carbons (Fsp3) is 0.435. The molecule has 6 nitrogen and oxygen atoms in total. The first-order valence-corrected chi connectivity index (χ1v) is 10.3. The van der Waals surface area contributed by atoms with Crippen LogP contribution in [0.15, 0.2) is 30.5 Å². The Labute approximate surface area is 171 Å². The van der Waals surface area contributed by atoms with Crippen molar-refractivity contribution in [3.8, 4) is 0 Å². The summed E-state index contributed by atoms with van der Waals surface area (Å²) < 4.78 is 5.77. The summed E-state index contributed by atoms with van der Waals surface area (Å²) in [5.41, 5.74) is 4.73. The highest BCUT2D eigenvalue weighted by atomic mass is 16.5. The molecule has 3 fully saturated rings. The van der Waals surface area contributed by atoms with Crippen molar-refractivity contribution >= 4 is 22.4 Å². The van der Waals surface area contributed by atoms with Crippen LogP contribution in [-0.2, 0) is 4.74 Å². The predicted molar refractivity (Wildman–Crippen MR) is 116 cm³/mol. The van der Waals surface area contributed by atoms with Crippen LogP contribution < -0.4 is 10.2 Å². The molecule has 29 heavy (non-hydrogen) atoms. The quantitative estimate of drug-likeness (QED) is 0.725. The summed E-state index contributed by atoms with van der Waals surface area (Å²) in [5, 5.41) is 14.6. The maximum Gasteiger partial charge on any atom is 0.157 e. The standard InChI is InChI=1S/C23H27N5O/c1-13-5-6-19(14(2)7-13)15(3)25-23-20-9-22(24-10-21(20)16(4)26-27-23)28-11-17-8-18(12-28)29-17/h5-7,9-10,15,17-18H,8,11-12H2,1-4H3,(H,25,27)/t15-,17?,18?/m1/s1. The highest BCUT2D eigenvalue weighted by Gasteiger charge is 2.38. The second kappa shape index (κ2) is 6.95. The van der Waals surface area contributed by atoms with Crippen molar-refractivity contribution in [2.75, 3.05) is 23.3 Å². The van der Waals surface area contributed by atoms with E-state index in [1.165, 1.54) is 23.1 Å². The van der Waals surface area contributed by atoms with E-state index < -0.39 is 0 Å². The van der Waals surface area contributed by atoms with Crippen LogP contribution >= 0.6 is 0 Å². The number of aromatic nitrogens is 3. The number of anilines is 2. The maximum absolute atomic E-state index is 5.77. The average molecular weight is 390 g/mol. The molecule has 0 saturated carbocycles. The van der Waals surface area contributed by atoms with Crippen LogP contribution in [0.3, 0.4) is 0 Å². The number of morpholine rings is 1. The molecule has 3 aliphatic rings. The first-order valence-electron chi connectivity index (χ1n) is 10.3. The predicted octanol–water partition coefficient (Wildman–Crippen LogP) is 4.10. The van der Waals surface area contributed by atoms with Gasteiger partial charge in [-0.1, -0.05) is 23.8 Å². The van der Waals surface area contributed by atoms with Crippen LogP contribution in [0, 0.1) is 20.8 Å². The normalized spacial score (nSPS) is 21.7. The van der Waals surface area contributed by atoms with Crippen molar-refractivity contribution in [2.45, 2.75) is 52.4 Å². The molecule has 2 unspecified atom stereocenters. The monoisotopic (exact) mass is 389 g/mol. The third-order valence-electron chi connectivity index (χ3n) is 6.16. The van der Waals surface area contributed by atoms with Crippen molar-refractivity contribution in [3.05, 3.63) is 52.8 Å². The molecule has 6 rings (SSSR count). The van der Waals surface area contributed by atoms with Crippen molar-refractivity contribution < 1.29 is 4.74 Å². The average Bonchev–Trinajstić information content (AvgIpc) is 2.69. The Morgan fingerprint density at radius 1 is 1.07 bits per heavy atom. The lowest BCUT2D eigenvalue weighted by molar-refractivity contribution is -0.133. The van der Waals surface area contributed by atoms with E-state index in [1.807, 2.05) is 13.1 Å². The van der Waals surface area contributed by atoms with Crippen LogP contribution in [0.4, 0.5) is 11.6 Å². The number of hydrogen-bond acceptors (Lipinski definition) is 6. The molecule has 6 heteroatoms. The van der Waals surface area contributed by atoms with Gasteiger partial charge in [-0.15, -0.1) is 5.10 Å². The molecule has 2 bridgehead atoms. The second-order valence-electron chi connectivity index (χ2n) is 8.47. The molecule has 3 atom stereocenters. The van der Waals surface area contributed by atoms with Gasteiger partial charge in [0.05, 0.1) is 23.9 Å². The Bertz CT molecular complexity index is 1070. The summed E-state index contributed by atoms with van der Waals surface area (Å²) >= 11 is 0. The van der Waals surface area contributed by atoms with Gasteiger partial charge in [0.25, 0.3) is 0 Å². The lowest BCUT2D eigenvalue weighted by atomic mass is 9.98. The molecule has 0 amide bonds. The van der Waals surface area contributed by atoms with Crippen LogP contribution in [0.1, 0.15) is 41.8 Å². The molecule has 3 aliphatic heterocycles. The minimum absolute atomic E-state index is 0.128. The highest BCUT2D eigenvalue weighted by Crippen LogP contribution is 2.33. The summed E-state index contributed by atoms with van der Waals surface area (Å²) in [6, 6.07) is 8.85. The van der Waals surface area contributed by atoms with Crippen molar-refractivity contribution in [3.63, 3.8) is 0 Å². The Hall–Kier alpha value is -2.73. The molecule has 2 aromatic heterocycles. The Morgan fingerprint density at radius 2 is 1.83 bits per heavy atom. The molecule has 3 aromatic rings. The van der Waals surface area contributed by atoms with Crippen LogP contribution in [-0.4, -0.2) is 40.5 Å². The largest absolute Gasteiger partial charge is 0.371 e. The van der Waals surface area contributed by atoms with Crippen molar-refractivity contribution in [2.24, 2.45) is 0 Å². The van der Waals surface area contributed by atoms with Crippen LogP contribution in [0.2, 0.25) is 0 Å². The molecule has 3 saturated heterocycles. The summed E-state index contributed by atoms with van der Waals surface area (Å²) in [6.45, 7) is 10.3. The highest BCUT2D eigenvalue weighted by molar-refractivity contribution is 5.94. The molecule has 0 radical (unpaired) electrons. The number of nitrogens with zero attached hydrogens (tertiary/aromatic N) is 4. The first-order chi connectivity index (χ1) is 14.0. The number of benzene rings is 1. The summed E-state index contributed by atoms with van der Waals surface area (Å²) in [6.07, 6.45) is 3.81. The number of piperidine rings is 1. The number of rotatable bonds is 4. The van der Waals surface area contributed by atoms with Crippen LogP contribution in [0.25, 0.3) is 10.8 Å². The van der Waals surface area contributed by atoms with Gasteiger partial charge in [0.2, 0.25) is 0 Å². The van der Waals surface area contributed by atoms with Crippen LogP contribution in [0.5, 0.6) is 0 Å². The lowest BCUT2D eigenvalue weighted by Crippen LogP contribution is -2.57. The number of pyridine rings is 1. The summed E-state index contributed by atoms with van der Waals surface area (Å²) in [5.74, 6) is 1.80. The number of aryl methyl sites for hydroxylation is 3. The van der Waals surface area contributed by atoms with Gasteiger partial charge < -0.3 is 15.0 Å². The van der Waals surface area contributed by atoms with E-state index in [9.17, 15) is 0 Å². The number of nitrogens with one attached hydrogen (secondary N) is 1. The minimum Gasteiger partial charge on any atom is -0.371 e. The fourth-order valence-electron chi connectivity index (χ4n) is 4.58. The maximum atomic E-state index is 5.77. The molecule has 1 N–H and O–H groups in total. The van der Waals surface area contributed by atoms with Gasteiger partial charge in [0.1, 0.15) is 5.82 Å². The van der Waals surface area contributed by atoms with Gasteiger partial charge >= 0.3 is 0 Å².